The summed E-state index contributed by atoms with van der Waals surface area (Å²) in [6.07, 6.45) is 3.52. The van der Waals surface area contributed by atoms with E-state index in [2.05, 4.69) is 46.6 Å². The first kappa shape index (κ1) is 22.1. The highest BCUT2D eigenvalue weighted by atomic mass is 15.1. The van der Waals surface area contributed by atoms with Gasteiger partial charge < -0.3 is 15.6 Å². The zero-order valence-corrected chi connectivity index (χ0v) is 20.1. The maximum atomic E-state index is 9.29. The maximum absolute atomic E-state index is 9.29. The van der Waals surface area contributed by atoms with Gasteiger partial charge in [-0.15, -0.1) is 0 Å². The summed E-state index contributed by atoms with van der Waals surface area (Å²) in [5, 5.41) is 16.8. The van der Waals surface area contributed by atoms with E-state index in [1.165, 1.54) is 0 Å². The molecule has 0 saturated carbocycles. The number of rotatable bonds is 5. The second-order valence-electron chi connectivity index (χ2n) is 8.68. The van der Waals surface area contributed by atoms with Gasteiger partial charge in [0.1, 0.15) is 17.5 Å². The Morgan fingerprint density at radius 3 is 2.51 bits per heavy atom. The van der Waals surface area contributed by atoms with Crippen molar-refractivity contribution in [1.29, 1.82) is 5.26 Å². The number of hydrogen-bond donors (Lipinski definition) is 3. The Morgan fingerprint density at radius 2 is 1.70 bits per heavy atom. The summed E-state index contributed by atoms with van der Waals surface area (Å²) in [4.78, 5) is 26.0. The number of aromatic amines is 1. The number of nitriles is 1. The molecule has 6 rings (SSSR count). The summed E-state index contributed by atoms with van der Waals surface area (Å²) in [6.45, 7) is 3.88. The molecule has 5 heterocycles. The minimum absolute atomic E-state index is 0.581. The highest BCUT2D eigenvalue weighted by Crippen LogP contribution is 2.28. The minimum atomic E-state index is 0.581. The predicted octanol–water partition coefficient (Wildman–Crippen LogP) is 5.94. The van der Waals surface area contributed by atoms with Gasteiger partial charge in [0.05, 0.1) is 28.4 Å². The van der Waals surface area contributed by atoms with Crippen LogP contribution in [-0.4, -0.2) is 29.9 Å². The van der Waals surface area contributed by atoms with E-state index in [1.54, 1.807) is 18.5 Å². The molecule has 5 aromatic heterocycles. The van der Waals surface area contributed by atoms with Gasteiger partial charge in [0.15, 0.2) is 5.65 Å². The van der Waals surface area contributed by atoms with Crippen molar-refractivity contribution in [3.05, 3.63) is 90.0 Å². The molecule has 0 amide bonds. The van der Waals surface area contributed by atoms with Crippen LogP contribution in [0.25, 0.3) is 33.5 Å². The normalized spacial score (nSPS) is 10.9. The van der Waals surface area contributed by atoms with Crippen molar-refractivity contribution < 1.29 is 0 Å². The average Bonchev–Trinajstić information content (AvgIpc) is 3.32. The second-order valence-corrected chi connectivity index (χ2v) is 8.68. The number of hydrogen-bond acceptors (Lipinski definition) is 8. The first-order valence-corrected chi connectivity index (χ1v) is 11.7. The molecule has 0 spiro atoms. The highest BCUT2D eigenvalue weighted by molar-refractivity contribution is 5.94. The third kappa shape index (κ3) is 4.51. The van der Waals surface area contributed by atoms with Gasteiger partial charge in [-0.2, -0.15) is 5.26 Å². The molecule has 0 fully saturated rings. The Balaban J connectivity index is 1.25. The van der Waals surface area contributed by atoms with Crippen LogP contribution in [0, 0.1) is 25.2 Å². The number of nitrogens with zero attached hydrogens (tertiary/aromatic N) is 6. The highest BCUT2D eigenvalue weighted by Gasteiger charge is 2.10. The molecule has 6 aromatic rings. The van der Waals surface area contributed by atoms with Crippen molar-refractivity contribution in [2.75, 3.05) is 10.6 Å². The quantitative estimate of drug-likeness (QED) is 0.275. The third-order valence-electron chi connectivity index (χ3n) is 5.88. The van der Waals surface area contributed by atoms with Crippen LogP contribution in [0.3, 0.4) is 0 Å². The molecule has 0 aliphatic rings. The molecule has 178 valence electrons. The van der Waals surface area contributed by atoms with Crippen molar-refractivity contribution in [3.63, 3.8) is 0 Å². The van der Waals surface area contributed by atoms with Crippen LogP contribution in [0.5, 0.6) is 0 Å². The number of anilines is 4. The number of benzene rings is 1. The largest absolute Gasteiger partial charge is 0.340 e. The lowest BCUT2D eigenvalue weighted by molar-refractivity contribution is 1.20. The molecule has 0 bridgehead atoms. The SMILES string of the molecule is Cc1cc(Nc2ccc3[nH]c(-c4ccc(Nc5cc(C)nc6ccc(C#N)cc56)nc4)nc3n2)ccn1. The number of aryl methyl sites for hydroxylation is 2. The van der Waals surface area contributed by atoms with Gasteiger partial charge in [-0.25, -0.2) is 15.0 Å². The Bertz CT molecular complexity index is 1810. The van der Waals surface area contributed by atoms with Crippen LogP contribution in [0.2, 0.25) is 0 Å². The molecule has 0 unspecified atom stereocenters. The summed E-state index contributed by atoms with van der Waals surface area (Å²) in [5.41, 5.74) is 7.25. The van der Waals surface area contributed by atoms with E-state index < -0.39 is 0 Å². The van der Waals surface area contributed by atoms with Crippen LogP contribution in [0.1, 0.15) is 17.0 Å². The zero-order valence-electron chi connectivity index (χ0n) is 20.1. The van der Waals surface area contributed by atoms with E-state index in [9.17, 15) is 5.26 Å². The van der Waals surface area contributed by atoms with Gasteiger partial charge in [0, 0.05) is 40.4 Å². The fraction of sp³-hybridized carbons (Fsp3) is 0.0714. The molecule has 3 N–H and O–H groups in total. The molecule has 37 heavy (non-hydrogen) atoms. The Kier molecular flexibility index (Phi) is 5.39. The molecule has 1 aromatic carbocycles. The second kappa shape index (κ2) is 9.02. The van der Waals surface area contributed by atoms with Crippen molar-refractivity contribution in [2.45, 2.75) is 13.8 Å². The Hall–Kier alpha value is -5.36. The fourth-order valence-corrected chi connectivity index (χ4v) is 4.15. The van der Waals surface area contributed by atoms with Gasteiger partial charge in [-0.1, -0.05) is 0 Å². The number of imidazole rings is 1. The number of H-pyrrole nitrogens is 1. The van der Waals surface area contributed by atoms with Crippen LogP contribution >= 0.6 is 0 Å². The zero-order chi connectivity index (χ0) is 25.4. The standard InChI is InChI=1S/C28H21N9/c1-16-11-20(9-10-30-16)33-26-8-6-23-28(36-26)37-27(35-23)19-4-7-25(31-15-19)34-24-12-17(2)32-22-5-3-18(14-29)13-21(22)24/h3-13,15H,1-2H3,(H,31,32,34)(H2,30,33,35,36,37). The van der Waals surface area contributed by atoms with Gasteiger partial charge in [-0.05, 0) is 74.5 Å². The monoisotopic (exact) mass is 483 g/mol. The number of fused-ring (bicyclic) bond motifs is 2. The third-order valence-corrected chi connectivity index (χ3v) is 5.88. The first-order valence-electron chi connectivity index (χ1n) is 11.7. The van der Waals surface area contributed by atoms with Crippen LogP contribution in [-0.2, 0) is 0 Å². The minimum Gasteiger partial charge on any atom is -0.340 e. The Labute approximate surface area is 212 Å². The van der Waals surface area contributed by atoms with Gasteiger partial charge >= 0.3 is 0 Å². The summed E-state index contributed by atoms with van der Waals surface area (Å²) in [5.74, 6) is 2.06. The summed E-state index contributed by atoms with van der Waals surface area (Å²) >= 11 is 0. The van der Waals surface area contributed by atoms with E-state index in [0.717, 1.165) is 44.7 Å². The molecule has 9 nitrogen and oxygen atoms in total. The van der Waals surface area contributed by atoms with E-state index >= 15 is 0 Å². The van der Waals surface area contributed by atoms with Gasteiger partial charge in [0.2, 0.25) is 0 Å². The van der Waals surface area contributed by atoms with E-state index in [4.69, 9.17) is 0 Å². The van der Waals surface area contributed by atoms with Crippen molar-refractivity contribution in [1.82, 2.24) is 29.9 Å². The molecule has 0 aliphatic carbocycles. The molecular weight excluding hydrogens is 462 g/mol. The topological polar surface area (TPSA) is 128 Å². The van der Waals surface area contributed by atoms with Crippen molar-refractivity contribution >= 4 is 45.1 Å². The summed E-state index contributed by atoms with van der Waals surface area (Å²) < 4.78 is 0. The van der Waals surface area contributed by atoms with Crippen molar-refractivity contribution in [3.8, 4) is 17.5 Å². The molecule has 0 saturated heterocycles. The number of nitrogens with one attached hydrogen (secondary N) is 3. The average molecular weight is 484 g/mol. The maximum Gasteiger partial charge on any atom is 0.180 e. The lowest BCUT2D eigenvalue weighted by Crippen LogP contribution is -1.97. The molecular formula is C28H21N9. The Morgan fingerprint density at radius 1 is 0.811 bits per heavy atom. The van der Waals surface area contributed by atoms with E-state index in [0.29, 0.717) is 28.7 Å². The smallest absolute Gasteiger partial charge is 0.180 e. The van der Waals surface area contributed by atoms with Crippen LogP contribution < -0.4 is 10.6 Å². The molecule has 0 radical (unpaired) electrons. The number of pyridine rings is 4. The fourth-order valence-electron chi connectivity index (χ4n) is 4.15. The van der Waals surface area contributed by atoms with Gasteiger partial charge in [-0.3, -0.25) is 9.97 Å². The molecule has 0 atom stereocenters. The first-order chi connectivity index (χ1) is 18.0. The van der Waals surface area contributed by atoms with Crippen LogP contribution in [0.15, 0.2) is 73.1 Å². The molecule has 9 heteroatoms. The van der Waals surface area contributed by atoms with Gasteiger partial charge in [0.25, 0.3) is 0 Å². The van der Waals surface area contributed by atoms with E-state index in [-0.39, 0.29) is 0 Å². The van der Waals surface area contributed by atoms with Crippen molar-refractivity contribution in [2.24, 2.45) is 0 Å². The summed E-state index contributed by atoms with van der Waals surface area (Å²) in [6, 6.07) is 21.1. The van der Waals surface area contributed by atoms with Crippen LogP contribution in [0.4, 0.5) is 23.0 Å². The van der Waals surface area contributed by atoms with E-state index in [1.807, 2.05) is 68.4 Å². The number of aromatic nitrogens is 6. The summed E-state index contributed by atoms with van der Waals surface area (Å²) in [7, 11) is 0. The predicted molar refractivity (Wildman–Crippen MR) is 144 cm³/mol. The molecule has 0 aliphatic heterocycles. The lowest BCUT2D eigenvalue weighted by Gasteiger charge is -2.11. The lowest BCUT2D eigenvalue weighted by atomic mass is 10.1.